The van der Waals surface area contributed by atoms with Gasteiger partial charge in [0.25, 0.3) is 0 Å². The zero-order valence-corrected chi connectivity index (χ0v) is 10.2. The highest BCUT2D eigenvalue weighted by Crippen LogP contribution is 2.32. The molecule has 0 aromatic carbocycles. The molecule has 0 radical (unpaired) electrons. The highest BCUT2D eigenvalue weighted by Gasteiger charge is 2.40. The van der Waals surface area contributed by atoms with Gasteiger partial charge in [-0.3, -0.25) is 0 Å². The minimum Gasteiger partial charge on any atom is -0.394 e. The van der Waals surface area contributed by atoms with Crippen LogP contribution in [0.5, 0.6) is 0 Å². The number of piperidine rings is 1. The molecular weight excluding hydrogens is 204 g/mol. The number of rotatable bonds is 5. The molecule has 0 aromatic rings. The van der Waals surface area contributed by atoms with Gasteiger partial charge in [-0.25, -0.2) is 0 Å². The first-order chi connectivity index (χ1) is 7.79. The van der Waals surface area contributed by atoms with E-state index in [4.69, 9.17) is 4.74 Å². The molecule has 2 atom stereocenters. The molecule has 2 heterocycles. The normalized spacial score (nSPS) is 35.2. The van der Waals surface area contributed by atoms with Crippen LogP contribution < -0.4 is 5.32 Å². The molecule has 2 rings (SSSR count). The Bertz CT molecular complexity index is 225. The van der Waals surface area contributed by atoms with Crippen molar-refractivity contribution in [2.75, 3.05) is 40.0 Å². The Hall–Kier alpha value is -0.160. The maximum absolute atomic E-state index is 9.64. The summed E-state index contributed by atoms with van der Waals surface area (Å²) in [5, 5.41) is 13.1. The SMILES string of the molecule is COCCNC1(CO)CCN2CCCC2C1. The summed E-state index contributed by atoms with van der Waals surface area (Å²) in [6, 6.07) is 0.691. The third-order valence-corrected chi connectivity index (χ3v) is 4.11. The lowest BCUT2D eigenvalue weighted by atomic mass is 9.84. The van der Waals surface area contributed by atoms with E-state index in [1.54, 1.807) is 7.11 Å². The molecule has 0 amide bonds. The second-order valence-corrected chi connectivity index (χ2v) is 5.14. The number of nitrogens with one attached hydrogen (secondary N) is 1. The summed E-state index contributed by atoms with van der Waals surface area (Å²) in [5.41, 5.74) is -0.0516. The molecule has 16 heavy (non-hydrogen) atoms. The second-order valence-electron chi connectivity index (χ2n) is 5.14. The van der Waals surface area contributed by atoms with Gasteiger partial charge in [0, 0.05) is 31.8 Å². The number of nitrogens with zero attached hydrogens (tertiary/aromatic N) is 1. The molecule has 0 spiro atoms. The van der Waals surface area contributed by atoms with Crippen LogP contribution >= 0.6 is 0 Å². The van der Waals surface area contributed by atoms with Crippen molar-refractivity contribution in [3.05, 3.63) is 0 Å². The van der Waals surface area contributed by atoms with Gasteiger partial charge in [0.2, 0.25) is 0 Å². The van der Waals surface area contributed by atoms with Crippen LogP contribution in [-0.2, 0) is 4.74 Å². The summed E-state index contributed by atoms with van der Waals surface area (Å²) < 4.78 is 5.05. The molecule has 2 aliphatic heterocycles. The highest BCUT2D eigenvalue weighted by molar-refractivity contribution is 4.99. The lowest BCUT2D eigenvalue weighted by molar-refractivity contribution is 0.0535. The molecule has 4 heteroatoms. The fourth-order valence-electron chi connectivity index (χ4n) is 3.11. The van der Waals surface area contributed by atoms with Gasteiger partial charge in [-0.15, -0.1) is 0 Å². The molecule has 0 saturated carbocycles. The fraction of sp³-hybridized carbons (Fsp3) is 1.00. The average molecular weight is 228 g/mol. The van der Waals surface area contributed by atoms with E-state index in [-0.39, 0.29) is 12.1 Å². The Morgan fingerprint density at radius 1 is 1.50 bits per heavy atom. The van der Waals surface area contributed by atoms with Crippen LogP contribution in [0.1, 0.15) is 25.7 Å². The summed E-state index contributed by atoms with van der Waals surface area (Å²) in [6.45, 7) is 4.19. The first-order valence-electron chi connectivity index (χ1n) is 6.38. The third-order valence-electron chi connectivity index (χ3n) is 4.11. The van der Waals surface area contributed by atoms with Crippen molar-refractivity contribution >= 4 is 0 Å². The Labute approximate surface area is 98.0 Å². The van der Waals surface area contributed by atoms with Crippen molar-refractivity contribution in [2.24, 2.45) is 0 Å². The van der Waals surface area contributed by atoms with Gasteiger partial charge in [0.1, 0.15) is 0 Å². The van der Waals surface area contributed by atoms with Gasteiger partial charge in [-0.05, 0) is 32.2 Å². The van der Waals surface area contributed by atoms with Crippen LogP contribution in [0, 0.1) is 0 Å². The average Bonchev–Trinajstić information content (AvgIpc) is 2.76. The summed E-state index contributed by atoms with van der Waals surface area (Å²) in [5.74, 6) is 0. The lowest BCUT2D eigenvalue weighted by Gasteiger charge is -2.44. The van der Waals surface area contributed by atoms with Crippen molar-refractivity contribution < 1.29 is 9.84 Å². The molecule has 0 aromatic heterocycles. The number of fused-ring (bicyclic) bond motifs is 1. The van der Waals surface area contributed by atoms with E-state index in [0.717, 1.165) is 32.5 Å². The minimum absolute atomic E-state index is 0.0516. The molecule has 2 saturated heterocycles. The van der Waals surface area contributed by atoms with Crippen LogP contribution in [0.25, 0.3) is 0 Å². The molecule has 0 bridgehead atoms. The quantitative estimate of drug-likeness (QED) is 0.660. The zero-order valence-electron chi connectivity index (χ0n) is 10.2. The number of ether oxygens (including phenoxy) is 1. The molecule has 2 unspecified atom stereocenters. The molecule has 2 fully saturated rings. The molecule has 2 N–H and O–H groups in total. The first-order valence-corrected chi connectivity index (χ1v) is 6.38. The largest absolute Gasteiger partial charge is 0.394 e. The van der Waals surface area contributed by atoms with Crippen molar-refractivity contribution in [3.8, 4) is 0 Å². The Balaban J connectivity index is 1.88. The van der Waals surface area contributed by atoms with Gasteiger partial charge in [0.15, 0.2) is 0 Å². The van der Waals surface area contributed by atoms with Crippen LogP contribution in [-0.4, -0.2) is 61.5 Å². The number of aliphatic hydroxyl groups is 1. The van der Waals surface area contributed by atoms with Crippen LogP contribution in [0.4, 0.5) is 0 Å². The van der Waals surface area contributed by atoms with E-state index in [1.165, 1.54) is 19.4 Å². The standard InChI is InChI=1S/C12H24N2O2/c1-16-8-5-13-12(10-15)4-7-14-6-2-3-11(14)9-12/h11,13,15H,2-10H2,1H3. The summed E-state index contributed by atoms with van der Waals surface area (Å²) in [4.78, 5) is 2.58. The van der Waals surface area contributed by atoms with Crippen molar-refractivity contribution in [2.45, 2.75) is 37.3 Å². The second kappa shape index (κ2) is 5.45. The van der Waals surface area contributed by atoms with E-state index in [2.05, 4.69) is 10.2 Å². The summed E-state index contributed by atoms with van der Waals surface area (Å²) in [6.07, 6.45) is 4.77. The van der Waals surface area contributed by atoms with Crippen LogP contribution in [0.3, 0.4) is 0 Å². The van der Waals surface area contributed by atoms with Crippen molar-refractivity contribution in [1.82, 2.24) is 10.2 Å². The Morgan fingerprint density at radius 2 is 2.38 bits per heavy atom. The molecule has 94 valence electrons. The van der Waals surface area contributed by atoms with Crippen molar-refractivity contribution in [3.63, 3.8) is 0 Å². The van der Waals surface area contributed by atoms with E-state index in [0.29, 0.717) is 6.04 Å². The maximum Gasteiger partial charge on any atom is 0.0614 e. The Kier molecular flexibility index (Phi) is 4.19. The van der Waals surface area contributed by atoms with E-state index >= 15 is 0 Å². The van der Waals surface area contributed by atoms with Gasteiger partial charge in [0.05, 0.1) is 13.2 Å². The highest BCUT2D eigenvalue weighted by atomic mass is 16.5. The van der Waals surface area contributed by atoms with E-state index in [1.807, 2.05) is 0 Å². The number of aliphatic hydroxyl groups excluding tert-OH is 1. The molecular formula is C12H24N2O2. The lowest BCUT2D eigenvalue weighted by Crippen LogP contribution is -2.58. The number of methoxy groups -OCH3 is 1. The van der Waals surface area contributed by atoms with Crippen LogP contribution in [0.15, 0.2) is 0 Å². The first kappa shape index (κ1) is 12.3. The van der Waals surface area contributed by atoms with Crippen LogP contribution in [0.2, 0.25) is 0 Å². The number of hydrogen-bond donors (Lipinski definition) is 2. The Morgan fingerprint density at radius 3 is 3.12 bits per heavy atom. The van der Waals surface area contributed by atoms with Gasteiger partial charge in [-0.2, -0.15) is 0 Å². The predicted octanol–water partition coefficient (Wildman–Crippen LogP) is 0.212. The maximum atomic E-state index is 9.64. The molecule has 2 aliphatic rings. The topological polar surface area (TPSA) is 44.7 Å². The van der Waals surface area contributed by atoms with Gasteiger partial charge >= 0.3 is 0 Å². The summed E-state index contributed by atoms with van der Waals surface area (Å²) in [7, 11) is 1.72. The molecule has 0 aliphatic carbocycles. The molecule has 4 nitrogen and oxygen atoms in total. The summed E-state index contributed by atoms with van der Waals surface area (Å²) >= 11 is 0. The van der Waals surface area contributed by atoms with Gasteiger partial charge < -0.3 is 20.1 Å². The minimum atomic E-state index is -0.0516. The fourth-order valence-corrected chi connectivity index (χ4v) is 3.11. The zero-order chi connectivity index (χ0) is 11.4. The smallest absolute Gasteiger partial charge is 0.0614 e. The third kappa shape index (κ3) is 2.56. The predicted molar refractivity (Wildman–Crippen MR) is 63.5 cm³/mol. The number of hydrogen-bond acceptors (Lipinski definition) is 4. The van der Waals surface area contributed by atoms with E-state index in [9.17, 15) is 5.11 Å². The monoisotopic (exact) mass is 228 g/mol. The van der Waals surface area contributed by atoms with E-state index < -0.39 is 0 Å². The van der Waals surface area contributed by atoms with Gasteiger partial charge in [-0.1, -0.05) is 0 Å². The van der Waals surface area contributed by atoms with Crippen molar-refractivity contribution in [1.29, 1.82) is 0 Å².